The first kappa shape index (κ1) is 52.2. The molecule has 0 bridgehead atoms. The number of anilines is 1. The minimum Gasteiger partial charge on any atom is -0.508 e. The van der Waals surface area contributed by atoms with Crippen LogP contribution in [0.5, 0.6) is 17.4 Å². The van der Waals surface area contributed by atoms with E-state index in [0.717, 1.165) is 6.42 Å². The number of aliphatic hydroxyl groups is 1. The number of benzene rings is 1. The number of ketones is 2. The molecule has 18 heteroatoms. The zero-order valence-electron chi connectivity index (χ0n) is 42.2. The van der Waals surface area contributed by atoms with Gasteiger partial charge in [-0.25, -0.2) is 4.79 Å². The lowest BCUT2D eigenvalue weighted by molar-refractivity contribution is -0.275. The van der Waals surface area contributed by atoms with Crippen molar-refractivity contribution >= 4 is 31.7 Å². The molecular weight excluding hydrogens is 914 g/mol. The van der Waals surface area contributed by atoms with E-state index in [9.17, 15) is 9.90 Å². The van der Waals surface area contributed by atoms with Gasteiger partial charge in [0, 0.05) is 48.3 Å². The molecule has 1 fully saturated rings. The number of aromatic nitrogens is 1. The smallest absolute Gasteiger partial charge is 0.508 e. The molecule has 3 heterocycles. The van der Waals surface area contributed by atoms with E-state index in [4.69, 9.17) is 27.9 Å². The summed E-state index contributed by atoms with van der Waals surface area (Å²) < 4.78 is 82.7. The van der Waals surface area contributed by atoms with Gasteiger partial charge in [-0.05, 0) is 102 Å². The van der Waals surface area contributed by atoms with Gasteiger partial charge in [0.1, 0.15) is 22.7 Å². The molecule has 2 unspecified atom stereocenters. The summed E-state index contributed by atoms with van der Waals surface area (Å²) in [5.41, 5.74) is -3.78. The van der Waals surface area contributed by atoms with Crippen molar-refractivity contribution < 1.29 is 60.6 Å². The highest BCUT2D eigenvalue weighted by molar-refractivity contribution is 6.74. The quantitative estimate of drug-likeness (QED) is 0.0965. The Labute approximate surface area is 405 Å². The first-order valence-electron chi connectivity index (χ1n) is 24.4. The van der Waals surface area contributed by atoms with Crippen molar-refractivity contribution in [1.29, 1.82) is 0 Å². The predicted octanol–water partition coefficient (Wildman–Crippen LogP) is 11.2. The van der Waals surface area contributed by atoms with Gasteiger partial charge < -0.3 is 33.0 Å². The van der Waals surface area contributed by atoms with E-state index < -0.39 is 84.0 Å². The number of alkyl halides is 3. The largest absolute Gasteiger partial charge is 0.573 e. The summed E-state index contributed by atoms with van der Waals surface area (Å²) in [4.78, 5) is 51.6. The molecule has 2 aromatic rings. The molecule has 1 aromatic carbocycles. The van der Waals surface area contributed by atoms with Gasteiger partial charge >= 0.3 is 12.5 Å². The number of rotatable bonds is 16. The fourth-order valence-corrected chi connectivity index (χ4v) is 12.3. The Kier molecular flexibility index (Phi) is 14.5. The van der Waals surface area contributed by atoms with E-state index in [0.29, 0.717) is 32.2 Å². The second kappa shape index (κ2) is 19.2. The fourth-order valence-electron chi connectivity index (χ4n) is 10.8. The number of carbonyl (C=O) groups excluding carboxylic acids is 3. The van der Waals surface area contributed by atoms with Crippen LogP contribution < -0.4 is 19.1 Å². The summed E-state index contributed by atoms with van der Waals surface area (Å²) in [7, 11) is -1.34. The Morgan fingerprint density at radius 1 is 1.00 bits per heavy atom. The number of likely N-dealkylation sites (tertiary alicyclic amines) is 1. The third kappa shape index (κ3) is 9.27. The van der Waals surface area contributed by atoms with Crippen molar-refractivity contribution in [3.05, 3.63) is 64.7 Å². The van der Waals surface area contributed by atoms with Crippen LogP contribution in [-0.4, -0.2) is 110 Å². The maximum Gasteiger partial charge on any atom is 0.573 e. The van der Waals surface area contributed by atoms with Crippen LogP contribution in [0.15, 0.2) is 41.2 Å². The number of allylic oxidation sites excluding steroid dienone is 1. The number of nitrogens with zero attached hydrogens (tertiary/aromatic N) is 4. The molecule has 7 rings (SSSR count). The van der Waals surface area contributed by atoms with Crippen LogP contribution in [0.4, 0.5) is 23.7 Å². The number of unbranched alkanes of at least 4 members (excludes halogenated alkanes) is 2. The standard InChI is InChI=1S/C51H71F3N4O10Si/c1-14-18-24-63-42-34-31(41(65-51(52,53)54)35-37-29(20-23-56(37)11)28-58(39(35)42)47(62)66-48(5,6)7)26-30-27-32-38(57(21-16-3)22-17-4)43-36(46(55-67-43)64-25-19-15-2)45(61)50(32,44(60)33(30)40(34)59)68-69(12,13)49(8,9)10/h16-17,29-30,32,37-38,60H,3-4,14-15,18-28H2,1-2,5-13H3/t29?,30-,32-,37?,38-,50-/m0/s1. The fraction of sp³-hybridized carbons (Fsp3) is 0.647. The number of ether oxygens (including phenoxy) is 4. The van der Waals surface area contributed by atoms with Crippen LogP contribution in [0.25, 0.3) is 0 Å². The van der Waals surface area contributed by atoms with E-state index in [2.05, 4.69) is 18.3 Å². The van der Waals surface area contributed by atoms with E-state index in [-0.39, 0.29) is 103 Å². The number of hydrogen-bond acceptors (Lipinski definition) is 13. The van der Waals surface area contributed by atoms with Crippen LogP contribution in [0.3, 0.4) is 0 Å². The Morgan fingerprint density at radius 3 is 2.22 bits per heavy atom. The van der Waals surface area contributed by atoms with Gasteiger partial charge in [-0.1, -0.05) is 59.6 Å². The molecule has 5 aliphatic rings. The number of Topliss-reactive ketones (excluding diaryl/α,β-unsaturated/α-hetero) is 2. The summed E-state index contributed by atoms with van der Waals surface area (Å²) in [6.45, 7) is 28.2. The maximum absolute atomic E-state index is 16.0. The lowest BCUT2D eigenvalue weighted by Gasteiger charge is -2.55. The van der Waals surface area contributed by atoms with Crippen LogP contribution in [-0.2, 0) is 15.6 Å². The number of hydrogen-bond donors (Lipinski definition) is 1. The Morgan fingerprint density at radius 2 is 1.64 bits per heavy atom. The topological polar surface area (TPSA) is 153 Å². The third-order valence-electron chi connectivity index (χ3n) is 14.8. The van der Waals surface area contributed by atoms with Crippen LogP contribution in [0, 0.1) is 17.8 Å². The second-order valence-corrected chi connectivity index (χ2v) is 26.5. The molecule has 1 saturated heterocycles. The number of amides is 1. The van der Waals surface area contributed by atoms with Gasteiger partial charge in [-0.15, -0.1) is 26.3 Å². The Balaban J connectivity index is 1.59. The van der Waals surface area contributed by atoms with E-state index >= 15 is 22.8 Å². The third-order valence-corrected chi connectivity index (χ3v) is 19.3. The minimum atomic E-state index is -5.23. The number of halogens is 3. The summed E-state index contributed by atoms with van der Waals surface area (Å²) in [5.74, 6) is -5.10. The summed E-state index contributed by atoms with van der Waals surface area (Å²) in [6, 6.07) is -1.52. The molecule has 2 aliphatic heterocycles. The zero-order valence-corrected chi connectivity index (χ0v) is 43.2. The van der Waals surface area contributed by atoms with Crippen molar-refractivity contribution in [2.24, 2.45) is 17.8 Å². The minimum absolute atomic E-state index is 0.0276. The van der Waals surface area contributed by atoms with E-state index in [1.807, 2.05) is 64.6 Å². The highest BCUT2D eigenvalue weighted by atomic mass is 28.4. The molecule has 69 heavy (non-hydrogen) atoms. The number of carbonyl (C=O) groups is 3. The highest BCUT2D eigenvalue weighted by Crippen LogP contribution is 2.63. The van der Waals surface area contributed by atoms with Gasteiger partial charge in [0.05, 0.1) is 30.5 Å². The molecular formula is C51H71F3N4O10Si. The van der Waals surface area contributed by atoms with Crippen LogP contribution >= 0.6 is 0 Å². The SMILES string of the molecule is C=CCN(CC=C)[C@@H]1c2onc(OCCCC)c2C(=O)[C@@]2(O[Si](C)(C)C(C)(C)C)C(O)=C3C(=O)c4c(c(OC(F)(F)F)c5c(c4OCCCC)N(C(=O)OC(C)(C)C)CC4CCN(C)C54)C[C@H]3C[C@@H]12. The lowest BCUT2D eigenvalue weighted by Crippen LogP contribution is -2.65. The molecule has 6 atom stereocenters. The summed E-state index contributed by atoms with van der Waals surface area (Å²) >= 11 is 0. The molecule has 3 aliphatic carbocycles. The molecule has 1 N–H and O–H groups in total. The molecule has 1 amide bonds. The molecule has 0 saturated carbocycles. The van der Waals surface area contributed by atoms with Crippen molar-refractivity contribution in [2.75, 3.05) is 51.3 Å². The maximum atomic E-state index is 16.0. The molecule has 380 valence electrons. The van der Waals surface area contributed by atoms with Gasteiger partial charge in [0.15, 0.2) is 31.2 Å². The van der Waals surface area contributed by atoms with E-state index in [1.54, 1.807) is 32.9 Å². The molecule has 1 aromatic heterocycles. The molecule has 0 spiro atoms. The Bertz CT molecular complexity index is 2370. The predicted molar refractivity (Wildman–Crippen MR) is 257 cm³/mol. The Hall–Kier alpha value is -4.65. The number of aliphatic hydroxyl groups excluding tert-OH is 1. The van der Waals surface area contributed by atoms with Crippen molar-refractivity contribution in [3.63, 3.8) is 0 Å². The van der Waals surface area contributed by atoms with Crippen LogP contribution in [0.1, 0.15) is 144 Å². The van der Waals surface area contributed by atoms with Gasteiger partial charge in [0.2, 0.25) is 5.78 Å². The highest BCUT2D eigenvalue weighted by Gasteiger charge is 2.68. The summed E-state index contributed by atoms with van der Waals surface area (Å²) in [6.07, 6.45) is 0.222. The second-order valence-electron chi connectivity index (χ2n) is 21.8. The number of fused-ring (bicyclic) bond motifs is 7. The lowest BCUT2D eigenvalue weighted by atomic mass is 9.58. The summed E-state index contributed by atoms with van der Waals surface area (Å²) in [5, 5.41) is 17.2. The van der Waals surface area contributed by atoms with Crippen molar-refractivity contribution in [3.8, 4) is 17.4 Å². The monoisotopic (exact) mass is 984 g/mol. The van der Waals surface area contributed by atoms with Crippen molar-refractivity contribution in [1.82, 2.24) is 15.0 Å². The normalized spacial score (nSPS) is 24.8. The first-order chi connectivity index (χ1) is 32.3. The zero-order chi connectivity index (χ0) is 50.8. The average molecular weight is 985 g/mol. The first-order valence-corrected chi connectivity index (χ1v) is 27.3. The molecule has 0 radical (unpaired) electrons. The van der Waals surface area contributed by atoms with Gasteiger partial charge in [0.25, 0.3) is 5.88 Å². The van der Waals surface area contributed by atoms with Gasteiger partial charge in [-0.2, -0.15) is 0 Å². The van der Waals surface area contributed by atoms with E-state index in [1.165, 1.54) is 4.90 Å². The van der Waals surface area contributed by atoms with Crippen LogP contribution in [0.2, 0.25) is 18.1 Å². The van der Waals surface area contributed by atoms with Gasteiger partial charge in [-0.3, -0.25) is 24.3 Å². The molecule has 14 nitrogen and oxygen atoms in total. The average Bonchev–Trinajstić information content (AvgIpc) is 3.84. The van der Waals surface area contributed by atoms with Crippen molar-refractivity contribution in [2.45, 2.75) is 148 Å².